The standard InChI is InChI=1S/C23H20N4O3S/c28-23(25-16-18-9-11-21(12-10-18)27-14-13-24-17-27)19-5-4-6-20(15-19)26-31(29,30)22-7-2-1-3-8-22/h1-15,17,26H,16H2,(H,25,28). The van der Waals surface area contributed by atoms with Gasteiger partial charge in [-0.25, -0.2) is 13.4 Å². The number of nitrogens with zero attached hydrogens (tertiary/aromatic N) is 2. The molecule has 7 nitrogen and oxygen atoms in total. The smallest absolute Gasteiger partial charge is 0.261 e. The monoisotopic (exact) mass is 432 g/mol. The lowest BCUT2D eigenvalue weighted by Crippen LogP contribution is -2.23. The highest BCUT2D eigenvalue weighted by atomic mass is 32.2. The molecular formula is C23H20N4O3S. The number of benzene rings is 3. The van der Waals surface area contributed by atoms with Crippen molar-refractivity contribution in [2.45, 2.75) is 11.4 Å². The maximum absolute atomic E-state index is 12.6. The number of rotatable bonds is 7. The minimum atomic E-state index is -3.72. The van der Waals surface area contributed by atoms with Crippen LogP contribution in [0, 0.1) is 0 Å². The summed E-state index contributed by atoms with van der Waals surface area (Å²) in [5, 5.41) is 2.86. The largest absolute Gasteiger partial charge is 0.348 e. The first-order valence-electron chi connectivity index (χ1n) is 9.55. The molecule has 4 aromatic rings. The Morgan fingerprint density at radius 3 is 2.42 bits per heavy atom. The summed E-state index contributed by atoms with van der Waals surface area (Å²) in [5.74, 6) is -0.292. The number of sulfonamides is 1. The van der Waals surface area contributed by atoms with E-state index in [0.717, 1.165) is 11.3 Å². The maximum atomic E-state index is 12.6. The van der Waals surface area contributed by atoms with Gasteiger partial charge in [-0.3, -0.25) is 9.52 Å². The molecule has 31 heavy (non-hydrogen) atoms. The van der Waals surface area contributed by atoms with Gasteiger partial charge in [-0.2, -0.15) is 0 Å². The third-order valence-corrected chi connectivity index (χ3v) is 6.02. The molecule has 0 bridgehead atoms. The van der Waals surface area contributed by atoms with Crippen LogP contribution in [0.3, 0.4) is 0 Å². The maximum Gasteiger partial charge on any atom is 0.261 e. The van der Waals surface area contributed by atoms with Crippen molar-refractivity contribution < 1.29 is 13.2 Å². The normalized spacial score (nSPS) is 11.1. The van der Waals surface area contributed by atoms with Crippen LogP contribution in [-0.4, -0.2) is 23.9 Å². The van der Waals surface area contributed by atoms with E-state index in [1.54, 1.807) is 48.9 Å². The number of amides is 1. The Hall–Kier alpha value is -3.91. The molecule has 156 valence electrons. The Morgan fingerprint density at radius 2 is 1.71 bits per heavy atom. The van der Waals surface area contributed by atoms with Crippen LogP contribution in [0.5, 0.6) is 0 Å². The van der Waals surface area contributed by atoms with Gasteiger partial charge in [-0.05, 0) is 48.0 Å². The summed E-state index contributed by atoms with van der Waals surface area (Å²) in [6.07, 6.45) is 5.29. The topological polar surface area (TPSA) is 93.1 Å². The van der Waals surface area contributed by atoms with Crippen molar-refractivity contribution in [3.63, 3.8) is 0 Å². The van der Waals surface area contributed by atoms with E-state index in [2.05, 4.69) is 15.0 Å². The molecule has 3 aromatic carbocycles. The zero-order valence-electron chi connectivity index (χ0n) is 16.5. The molecule has 0 aliphatic rings. The predicted molar refractivity (Wildman–Crippen MR) is 118 cm³/mol. The molecule has 0 radical (unpaired) electrons. The van der Waals surface area contributed by atoms with E-state index in [1.165, 1.54) is 18.2 Å². The number of aromatic nitrogens is 2. The summed E-state index contributed by atoms with van der Waals surface area (Å²) >= 11 is 0. The summed E-state index contributed by atoms with van der Waals surface area (Å²) in [5.41, 5.74) is 2.61. The van der Waals surface area contributed by atoms with Gasteiger partial charge in [-0.15, -0.1) is 0 Å². The van der Waals surface area contributed by atoms with Crippen molar-refractivity contribution in [3.05, 3.63) is 109 Å². The summed E-state index contributed by atoms with van der Waals surface area (Å²) in [7, 11) is -3.72. The predicted octanol–water partition coefficient (Wildman–Crippen LogP) is 3.60. The zero-order valence-corrected chi connectivity index (χ0v) is 17.3. The molecule has 1 amide bonds. The number of carbonyl (C=O) groups is 1. The fraction of sp³-hybridized carbons (Fsp3) is 0.0435. The number of imidazole rings is 1. The molecular weight excluding hydrogens is 412 g/mol. The van der Waals surface area contributed by atoms with Gasteiger partial charge in [0.2, 0.25) is 0 Å². The highest BCUT2D eigenvalue weighted by Gasteiger charge is 2.14. The van der Waals surface area contributed by atoms with Gasteiger partial charge in [0.1, 0.15) is 0 Å². The SMILES string of the molecule is O=C(NCc1ccc(-n2ccnc2)cc1)c1cccc(NS(=O)(=O)c2ccccc2)c1. The lowest BCUT2D eigenvalue weighted by molar-refractivity contribution is 0.0951. The number of hydrogen-bond acceptors (Lipinski definition) is 4. The summed E-state index contributed by atoms with van der Waals surface area (Å²) in [6.45, 7) is 0.350. The Bertz CT molecular complexity index is 1270. The van der Waals surface area contributed by atoms with Crippen molar-refractivity contribution in [3.8, 4) is 5.69 Å². The van der Waals surface area contributed by atoms with Gasteiger partial charge in [0.15, 0.2) is 0 Å². The Balaban J connectivity index is 1.40. The third-order valence-electron chi connectivity index (χ3n) is 4.62. The second-order valence-electron chi connectivity index (χ2n) is 6.82. The fourth-order valence-corrected chi connectivity index (χ4v) is 4.09. The van der Waals surface area contributed by atoms with E-state index >= 15 is 0 Å². The van der Waals surface area contributed by atoms with Crippen LogP contribution in [0.25, 0.3) is 5.69 Å². The molecule has 1 aromatic heterocycles. The van der Waals surface area contributed by atoms with Crippen molar-refractivity contribution in [2.24, 2.45) is 0 Å². The van der Waals surface area contributed by atoms with Gasteiger partial charge in [0.05, 0.1) is 11.2 Å². The average Bonchev–Trinajstić information content (AvgIpc) is 3.33. The minimum Gasteiger partial charge on any atom is -0.348 e. The number of hydrogen-bond donors (Lipinski definition) is 2. The Kier molecular flexibility index (Phi) is 5.81. The lowest BCUT2D eigenvalue weighted by Gasteiger charge is -2.10. The lowest BCUT2D eigenvalue weighted by atomic mass is 10.1. The fourth-order valence-electron chi connectivity index (χ4n) is 3.02. The molecule has 0 fully saturated rings. The van der Waals surface area contributed by atoms with Gasteiger partial charge < -0.3 is 9.88 Å². The van der Waals surface area contributed by atoms with Crippen molar-refractivity contribution in [2.75, 3.05) is 4.72 Å². The van der Waals surface area contributed by atoms with Crippen LogP contribution in [0.4, 0.5) is 5.69 Å². The van der Waals surface area contributed by atoms with Crippen molar-refractivity contribution in [1.82, 2.24) is 14.9 Å². The van der Waals surface area contributed by atoms with E-state index in [9.17, 15) is 13.2 Å². The number of carbonyl (C=O) groups excluding carboxylic acids is 1. The van der Waals surface area contributed by atoms with Gasteiger partial charge in [-0.1, -0.05) is 36.4 Å². The zero-order chi connectivity index (χ0) is 21.7. The van der Waals surface area contributed by atoms with E-state index in [4.69, 9.17) is 0 Å². The van der Waals surface area contributed by atoms with Gasteiger partial charge >= 0.3 is 0 Å². The highest BCUT2D eigenvalue weighted by Crippen LogP contribution is 2.17. The average molecular weight is 433 g/mol. The van der Waals surface area contributed by atoms with Crippen LogP contribution in [-0.2, 0) is 16.6 Å². The molecule has 2 N–H and O–H groups in total. The van der Waals surface area contributed by atoms with Crippen LogP contribution >= 0.6 is 0 Å². The first kappa shape index (κ1) is 20.4. The summed E-state index contributed by atoms with van der Waals surface area (Å²) < 4.78 is 29.4. The first-order valence-corrected chi connectivity index (χ1v) is 11.0. The summed E-state index contributed by atoms with van der Waals surface area (Å²) in [6, 6.07) is 22.2. The Morgan fingerprint density at radius 1 is 0.935 bits per heavy atom. The van der Waals surface area contributed by atoms with E-state index in [1.807, 2.05) is 35.0 Å². The molecule has 1 heterocycles. The molecule has 0 aliphatic carbocycles. The highest BCUT2D eigenvalue weighted by molar-refractivity contribution is 7.92. The number of nitrogens with one attached hydrogen (secondary N) is 2. The molecule has 0 saturated heterocycles. The minimum absolute atomic E-state index is 0.156. The first-order chi connectivity index (χ1) is 15.0. The molecule has 0 saturated carbocycles. The van der Waals surface area contributed by atoms with Gasteiger partial charge in [0.25, 0.3) is 15.9 Å². The van der Waals surface area contributed by atoms with Crippen LogP contribution in [0.15, 0.2) is 102 Å². The van der Waals surface area contributed by atoms with E-state index < -0.39 is 10.0 Å². The van der Waals surface area contributed by atoms with Crippen molar-refractivity contribution >= 4 is 21.6 Å². The quantitative estimate of drug-likeness (QED) is 0.467. The van der Waals surface area contributed by atoms with Crippen molar-refractivity contribution in [1.29, 1.82) is 0 Å². The Labute approximate surface area is 180 Å². The summed E-state index contributed by atoms with van der Waals surface area (Å²) in [4.78, 5) is 16.7. The molecule has 4 rings (SSSR count). The van der Waals surface area contributed by atoms with Crippen LogP contribution < -0.4 is 10.0 Å². The molecule has 0 atom stereocenters. The van der Waals surface area contributed by atoms with E-state index in [-0.39, 0.29) is 10.8 Å². The van der Waals surface area contributed by atoms with Crippen LogP contribution in [0.1, 0.15) is 15.9 Å². The molecule has 0 unspecified atom stereocenters. The third kappa shape index (κ3) is 4.99. The van der Waals surface area contributed by atoms with E-state index in [0.29, 0.717) is 17.8 Å². The molecule has 8 heteroatoms. The van der Waals surface area contributed by atoms with Crippen LogP contribution in [0.2, 0.25) is 0 Å². The van der Waals surface area contributed by atoms with Gasteiger partial charge in [0, 0.05) is 35.9 Å². The second kappa shape index (κ2) is 8.85. The number of anilines is 1. The molecule has 0 aliphatic heterocycles. The molecule has 0 spiro atoms. The second-order valence-corrected chi connectivity index (χ2v) is 8.50.